The van der Waals surface area contributed by atoms with Crippen molar-refractivity contribution in [2.24, 2.45) is 22.2 Å². The number of carbonyl (C=O) groups is 4. The number of allylic oxidation sites excluding steroid dienone is 9. The van der Waals surface area contributed by atoms with Crippen molar-refractivity contribution in [3.63, 3.8) is 0 Å². The average Bonchev–Trinajstić information content (AvgIpc) is 3.11. The summed E-state index contributed by atoms with van der Waals surface area (Å²) in [7, 11) is 0. The highest BCUT2D eigenvalue weighted by Gasteiger charge is 2.31. The summed E-state index contributed by atoms with van der Waals surface area (Å²) in [4.78, 5) is 54.1. The van der Waals surface area contributed by atoms with Crippen LogP contribution in [0, 0.1) is 11.3 Å². The molecule has 2 rings (SSSR count). The molecule has 0 unspecified atom stereocenters. The van der Waals surface area contributed by atoms with Gasteiger partial charge in [0.15, 0.2) is 6.61 Å². The number of aliphatic carboxylic acids is 1. The van der Waals surface area contributed by atoms with Gasteiger partial charge in [0.2, 0.25) is 0 Å². The number of nitrogens with two attached hydrogens (primary N) is 1. The predicted molar refractivity (Wildman–Crippen MR) is 213 cm³/mol. The second-order valence-corrected chi connectivity index (χ2v) is 14.7. The SMILES string of the molecule is CC1=C(/C=C/C(C)=C/C=C/C(C)=C/C(=O)O)C(C)(C)CC/C1=N/OCC(=O)NCCOCCOC(=O)[C@H](CC(C)C)NC(=O)[C@@H](O)[C@H](N)Cc1ccccc1. The third kappa shape index (κ3) is 17.9. The van der Waals surface area contributed by atoms with Crippen LogP contribution in [0.5, 0.6) is 0 Å². The molecule has 0 aliphatic heterocycles. The fraction of sp³-hybridized carbons (Fsp3) is 0.500. The van der Waals surface area contributed by atoms with Crippen molar-refractivity contribution in [2.75, 3.05) is 33.0 Å². The van der Waals surface area contributed by atoms with E-state index in [1.54, 1.807) is 13.0 Å². The van der Waals surface area contributed by atoms with Crippen LogP contribution in [0.3, 0.4) is 0 Å². The number of oxime groups is 1. The third-order valence-corrected chi connectivity index (χ3v) is 8.84. The number of nitrogens with zero attached hydrogens (tertiary/aromatic N) is 1. The molecule has 3 atom stereocenters. The van der Waals surface area contributed by atoms with Gasteiger partial charge in [0, 0.05) is 18.7 Å². The maximum atomic E-state index is 12.8. The Kier molecular flexibility index (Phi) is 20.1. The lowest BCUT2D eigenvalue weighted by Gasteiger charge is -2.33. The number of nitrogens with one attached hydrogen (secondary N) is 2. The number of carboxylic acids is 1. The molecule has 13 nitrogen and oxygen atoms in total. The molecule has 13 heteroatoms. The number of hydrogen-bond acceptors (Lipinski definition) is 10. The lowest BCUT2D eigenvalue weighted by Crippen LogP contribution is -2.52. The molecule has 0 saturated carbocycles. The van der Waals surface area contributed by atoms with E-state index in [0.29, 0.717) is 24.8 Å². The standard InChI is InChI=1S/C42H60N4O9/c1-28(2)24-36(45-40(51)39(50)34(43)26-32-14-9-8-10-15-32)41(52)54-23-22-53-21-20-44-37(47)27-55-46-35-18-19-42(6,7)33(31(35)5)17-16-29(3)12-11-13-30(4)25-38(48)49/h8-17,25,28,34,36,39,50H,18-24,26-27,43H2,1-7H3,(H,44,47)(H,45,51)(H,48,49)/b13-11+,17-16+,29-12+,30-25+,46-35-/t34-,36+,39+/m1/s1. The number of rotatable bonds is 22. The quantitative estimate of drug-likeness (QED) is 0.0362. The van der Waals surface area contributed by atoms with E-state index >= 15 is 0 Å². The van der Waals surface area contributed by atoms with Gasteiger partial charge in [-0.3, -0.25) is 9.59 Å². The minimum absolute atomic E-state index is 0.0619. The number of hydrogen-bond donors (Lipinski definition) is 5. The monoisotopic (exact) mass is 764 g/mol. The lowest BCUT2D eigenvalue weighted by molar-refractivity contribution is -0.150. The Bertz CT molecular complexity index is 1620. The number of amides is 2. The van der Waals surface area contributed by atoms with E-state index in [0.717, 1.165) is 40.5 Å². The van der Waals surface area contributed by atoms with Crippen molar-refractivity contribution in [1.82, 2.24) is 10.6 Å². The Hall–Kier alpha value is -4.85. The second kappa shape index (κ2) is 23.8. The summed E-state index contributed by atoms with van der Waals surface area (Å²) in [6, 6.07) is 7.46. The van der Waals surface area contributed by atoms with Crippen molar-refractivity contribution in [1.29, 1.82) is 0 Å². The third-order valence-electron chi connectivity index (χ3n) is 8.84. The minimum atomic E-state index is -1.50. The van der Waals surface area contributed by atoms with Crippen molar-refractivity contribution in [3.8, 4) is 0 Å². The maximum Gasteiger partial charge on any atom is 0.328 e. The van der Waals surface area contributed by atoms with Gasteiger partial charge in [0.1, 0.15) is 18.8 Å². The zero-order valence-corrected chi connectivity index (χ0v) is 33.3. The van der Waals surface area contributed by atoms with Gasteiger partial charge in [0.05, 0.1) is 18.9 Å². The molecule has 6 N–H and O–H groups in total. The number of carbonyl (C=O) groups excluding carboxylic acids is 3. The summed E-state index contributed by atoms with van der Waals surface area (Å²) >= 11 is 0. The topological polar surface area (TPSA) is 199 Å². The molecule has 55 heavy (non-hydrogen) atoms. The van der Waals surface area contributed by atoms with Crippen LogP contribution in [0.15, 0.2) is 94.2 Å². The molecule has 0 radical (unpaired) electrons. The number of aliphatic hydroxyl groups excluding tert-OH is 1. The average molecular weight is 765 g/mol. The van der Waals surface area contributed by atoms with E-state index in [4.69, 9.17) is 25.2 Å². The molecule has 0 fully saturated rings. The van der Waals surface area contributed by atoms with Crippen LogP contribution >= 0.6 is 0 Å². The number of benzene rings is 1. The summed E-state index contributed by atoms with van der Waals surface area (Å²) < 4.78 is 10.8. The fourth-order valence-electron chi connectivity index (χ4n) is 5.77. The van der Waals surface area contributed by atoms with Crippen LogP contribution in [0.4, 0.5) is 0 Å². The highest BCUT2D eigenvalue weighted by Crippen LogP contribution is 2.40. The largest absolute Gasteiger partial charge is 0.478 e. The van der Waals surface area contributed by atoms with Gasteiger partial charge in [-0.25, -0.2) is 9.59 Å². The number of carboxylic acid groups (broad SMARTS) is 1. The van der Waals surface area contributed by atoms with Gasteiger partial charge in [-0.1, -0.05) is 99.1 Å². The Morgan fingerprint density at radius 3 is 2.42 bits per heavy atom. The molecule has 0 heterocycles. The smallest absolute Gasteiger partial charge is 0.328 e. The van der Waals surface area contributed by atoms with Crippen LogP contribution in [0.1, 0.15) is 73.3 Å². The Balaban J connectivity index is 1.76. The molecule has 1 aromatic carbocycles. The Morgan fingerprint density at radius 2 is 1.75 bits per heavy atom. The fourth-order valence-corrected chi connectivity index (χ4v) is 5.77. The van der Waals surface area contributed by atoms with E-state index in [1.165, 1.54) is 0 Å². The van der Waals surface area contributed by atoms with Gasteiger partial charge in [-0.15, -0.1) is 0 Å². The molecule has 1 aromatic rings. The summed E-state index contributed by atoms with van der Waals surface area (Å²) in [5.41, 5.74) is 11.4. The van der Waals surface area contributed by atoms with Crippen LogP contribution in [0.25, 0.3) is 0 Å². The normalized spacial score (nSPS) is 17.4. The molecule has 1 aliphatic rings. The number of ether oxygens (including phenoxy) is 2. The maximum absolute atomic E-state index is 12.8. The molecule has 302 valence electrons. The summed E-state index contributed by atoms with van der Waals surface area (Å²) in [6.45, 7) is 14.0. The second-order valence-electron chi connectivity index (χ2n) is 14.7. The first-order chi connectivity index (χ1) is 26.0. The van der Waals surface area contributed by atoms with Crippen LogP contribution < -0.4 is 16.4 Å². The predicted octanol–water partition coefficient (Wildman–Crippen LogP) is 4.72. The first-order valence-corrected chi connectivity index (χ1v) is 18.6. The molecule has 0 spiro atoms. The van der Waals surface area contributed by atoms with E-state index in [2.05, 4.69) is 35.7 Å². The van der Waals surface area contributed by atoms with Crippen molar-refractivity contribution in [2.45, 2.75) is 92.3 Å². The molecular weight excluding hydrogens is 704 g/mol. The van der Waals surface area contributed by atoms with Crippen molar-refractivity contribution in [3.05, 3.63) is 94.6 Å². The molecule has 0 aromatic heterocycles. The first-order valence-electron chi connectivity index (χ1n) is 18.6. The van der Waals surface area contributed by atoms with Crippen molar-refractivity contribution < 1.29 is 43.7 Å². The lowest BCUT2D eigenvalue weighted by atomic mass is 9.72. The van der Waals surface area contributed by atoms with Crippen LogP contribution in [0.2, 0.25) is 0 Å². The van der Waals surface area contributed by atoms with E-state index in [9.17, 15) is 24.3 Å². The highest BCUT2D eigenvalue weighted by molar-refractivity contribution is 6.01. The Morgan fingerprint density at radius 1 is 1.04 bits per heavy atom. The highest BCUT2D eigenvalue weighted by atomic mass is 16.6. The summed E-state index contributed by atoms with van der Waals surface area (Å²) in [5, 5.41) is 28.9. The van der Waals surface area contributed by atoms with E-state index in [1.807, 2.05) is 76.3 Å². The molecular formula is C42H60N4O9. The van der Waals surface area contributed by atoms with Gasteiger partial charge in [-0.05, 0) is 80.1 Å². The summed E-state index contributed by atoms with van der Waals surface area (Å²) in [6.07, 6.45) is 11.3. The van der Waals surface area contributed by atoms with Gasteiger partial charge < -0.3 is 40.9 Å². The summed E-state index contributed by atoms with van der Waals surface area (Å²) in [5.74, 6) is -2.67. The molecule has 0 saturated heterocycles. The first kappa shape index (κ1) is 46.3. The number of aliphatic hydroxyl groups is 1. The van der Waals surface area contributed by atoms with E-state index < -0.39 is 36.0 Å². The van der Waals surface area contributed by atoms with Gasteiger partial charge >= 0.3 is 11.9 Å². The zero-order valence-electron chi connectivity index (χ0n) is 33.3. The zero-order chi connectivity index (χ0) is 41.0. The molecule has 0 bridgehead atoms. The van der Waals surface area contributed by atoms with Crippen LogP contribution in [-0.2, 0) is 39.9 Å². The molecule has 2 amide bonds. The number of esters is 1. The van der Waals surface area contributed by atoms with Gasteiger partial charge in [0.25, 0.3) is 11.8 Å². The molecule has 1 aliphatic carbocycles. The van der Waals surface area contributed by atoms with Crippen molar-refractivity contribution >= 4 is 29.5 Å². The van der Waals surface area contributed by atoms with E-state index in [-0.39, 0.29) is 50.2 Å². The minimum Gasteiger partial charge on any atom is -0.478 e. The van der Waals surface area contributed by atoms with Crippen LogP contribution in [-0.4, -0.2) is 90.8 Å². The Labute approximate surface area is 325 Å². The van der Waals surface area contributed by atoms with Gasteiger partial charge in [-0.2, -0.15) is 0 Å².